The molecule has 0 aromatic heterocycles. The zero-order valence-electron chi connectivity index (χ0n) is 11.3. The monoisotopic (exact) mass is 265 g/mol. The van der Waals surface area contributed by atoms with E-state index in [1.54, 1.807) is 24.3 Å². The van der Waals surface area contributed by atoms with Gasteiger partial charge >= 0.3 is 5.97 Å². The Morgan fingerprint density at radius 3 is 2.79 bits per heavy atom. The number of anilines is 1. The molecule has 0 radical (unpaired) electrons. The van der Waals surface area contributed by atoms with Crippen LogP contribution in [0.3, 0.4) is 0 Å². The van der Waals surface area contributed by atoms with E-state index in [0.717, 1.165) is 12.8 Å². The van der Waals surface area contributed by atoms with E-state index in [1.807, 2.05) is 6.92 Å². The lowest BCUT2D eigenvalue weighted by Gasteiger charge is -2.08. The first-order valence-electron chi connectivity index (χ1n) is 6.25. The third kappa shape index (κ3) is 5.90. The van der Waals surface area contributed by atoms with Crippen LogP contribution in [0.15, 0.2) is 24.3 Å². The fraction of sp³-hybridized carbons (Fsp3) is 0.429. The zero-order valence-corrected chi connectivity index (χ0v) is 11.3. The van der Waals surface area contributed by atoms with E-state index in [4.69, 9.17) is 4.74 Å². The number of ether oxygens (including phenoxy) is 2. The van der Waals surface area contributed by atoms with Gasteiger partial charge in [-0.25, -0.2) is 4.79 Å². The molecule has 0 fully saturated rings. The third-order valence-corrected chi connectivity index (χ3v) is 2.46. The molecule has 0 unspecified atom stereocenters. The Labute approximate surface area is 112 Å². The van der Waals surface area contributed by atoms with Gasteiger partial charge in [-0.05, 0) is 18.6 Å². The van der Waals surface area contributed by atoms with Crippen molar-refractivity contribution in [1.29, 1.82) is 0 Å². The zero-order chi connectivity index (χ0) is 14.1. The molecule has 0 atom stereocenters. The quantitative estimate of drug-likeness (QED) is 0.769. The van der Waals surface area contributed by atoms with Crippen LogP contribution in [0.1, 0.15) is 26.2 Å². The standard InChI is InChI=1S/C14H19NO4/c1-3-4-8-13(16)15-11-6-5-7-12(9-11)19-10-14(17)18-2/h5-7,9H,3-4,8,10H2,1-2H3,(H,15,16). The molecule has 1 amide bonds. The molecule has 5 heteroatoms. The van der Waals surface area contributed by atoms with Gasteiger partial charge in [-0.3, -0.25) is 4.79 Å². The molecule has 0 aliphatic rings. The Hall–Kier alpha value is -2.04. The highest BCUT2D eigenvalue weighted by Crippen LogP contribution is 2.17. The van der Waals surface area contributed by atoms with Crippen LogP contribution in [0, 0.1) is 0 Å². The molecule has 0 bridgehead atoms. The number of nitrogens with one attached hydrogen (secondary N) is 1. The average molecular weight is 265 g/mol. The van der Waals surface area contributed by atoms with Gasteiger partial charge in [0.2, 0.25) is 5.91 Å². The van der Waals surface area contributed by atoms with Crippen LogP contribution in [-0.2, 0) is 14.3 Å². The van der Waals surface area contributed by atoms with Crippen LogP contribution >= 0.6 is 0 Å². The SMILES string of the molecule is CCCCC(=O)Nc1cccc(OCC(=O)OC)c1. The van der Waals surface area contributed by atoms with Crippen molar-refractivity contribution in [2.24, 2.45) is 0 Å². The first-order chi connectivity index (χ1) is 9.15. The summed E-state index contributed by atoms with van der Waals surface area (Å²) in [6.45, 7) is 1.89. The second kappa shape index (κ2) is 8.13. The number of hydrogen-bond donors (Lipinski definition) is 1. The summed E-state index contributed by atoms with van der Waals surface area (Å²) in [6, 6.07) is 6.91. The summed E-state index contributed by atoms with van der Waals surface area (Å²) in [7, 11) is 1.30. The number of carbonyl (C=O) groups is 2. The van der Waals surface area contributed by atoms with E-state index >= 15 is 0 Å². The fourth-order valence-electron chi connectivity index (χ4n) is 1.43. The van der Waals surface area contributed by atoms with Crippen molar-refractivity contribution < 1.29 is 19.1 Å². The molecule has 1 rings (SSSR count). The lowest BCUT2D eigenvalue weighted by atomic mass is 10.2. The minimum absolute atomic E-state index is 0.0213. The second-order valence-electron chi connectivity index (χ2n) is 4.04. The maximum absolute atomic E-state index is 11.6. The highest BCUT2D eigenvalue weighted by molar-refractivity contribution is 5.90. The number of rotatable bonds is 7. The van der Waals surface area contributed by atoms with E-state index < -0.39 is 5.97 Å². The number of benzene rings is 1. The van der Waals surface area contributed by atoms with Gasteiger partial charge in [0.15, 0.2) is 6.61 Å². The molecule has 104 valence electrons. The number of amides is 1. The van der Waals surface area contributed by atoms with Crippen LogP contribution in [-0.4, -0.2) is 25.6 Å². The molecule has 1 aromatic rings. The van der Waals surface area contributed by atoms with E-state index in [9.17, 15) is 9.59 Å². The van der Waals surface area contributed by atoms with Crippen molar-refractivity contribution in [2.75, 3.05) is 19.0 Å². The molecular weight excluding hydrogens is 246 g/mol. The molecule has 5 nitrogen and oxygen atoms in total. The average Bonchev–Trinajstić information content (AvgIpc) is 2.43. The highest BCUT2D eigenvalue weighted by atomic mass is 16.6. The van der Waals surface area contributed by atoms with Gasteiger partial charge in [0.05, 0.1) is 7.11 Å². The Balaban J connectivity index is 2.51. The van der Waals surface area contributed by atoms with Crippen molar-refractivity contribution in [3.8, 4) is 5.75 Å². The summed E-state index contributed by atoms with van der Waals surface area (Å²) >= 11 is 0. The number of methoxy groups -OCH3 is 1. The summed E-state index contributed by atoms with van der Waals surface area (Å²) < 4.78 is 9.71. The number of esters is 1. The lowest BCUT2D eigenvalue weighted by molar-refractivity contribution is -0.142. The Bertz CT molecular complexity index is 431. The molecule has 0 heterocycles. The first-order valence-corrected chi connectivity index (χ1v) is 6.25. The lowest BCUT2D eigenvalue weighted by Crippen LogP contribution is -2.13. The minimum Gasteiger partial charge on any atom is -0.482 e. The topological polar surface area (TPSA) is 64.6 Å². The van der Waals surface area contributed by atoms with Crippen LogP contribution in [0.25, 0.3) is 0 Å². The molecule has 0 spiro atoms. The molecule has 0 saturated carbocycles. The molecule has 1 aromatic carbocycles. The predicted octanol–water partition coefficient (Wildman–Crippen LogP) is 2.37. The summed E-state index contributed by atoms with van der Waals surface area (Å²) in [5.41, 5.74) is 0.656. The van der Waals surface area contributed by atoms with Crippen molar-refractivity contribution >= 4 is 17.6 Å². The molecule has 0 aliphatic heterocycles. The van der Waals surface area contributed by atoms with Crippen molar-refractivity contribution in [2.45, 2.75) is 26.2 Å². The number of unbranched alkanes of at least 4 members (excludes halogenated alkanes) is 1. The fourth-order valence-corrected chi connectivity index (χ4v) is 1.43. The van der Waals surface area contributed by atoms with E-state index in [1.165, 1.54) is 7.11 Å². The number of hydrogen-bond acceptors (Lipinski definition) is 4. The Morgan fingerprint density at radius 2 is 2.11 bits per heavy atom. The normalized spacial score (nSPS) is 9.79. The van der Waals surface area contributed by atoms with Gasteiger partial charge in [-0.15, -0.1) is 0 Å². The molecule has 19 heavy (non-hydrogen) atoms. The Morgan fingerprint density at radius 1 is 1.32 bits per heavy atom. The van der Waals surface area contributed by atoms with Gasteiger partial charge in [-0.2, -0.15) is 0 Å². The summed E-state index contributed by atoms with van der Waals surface area (Å²) in [5, 5.41) is 2.78. The summed E-state index contributed by atoms with van der Waals surface area (Å²) in [4.78, 5) is 22.5. The smallest absolute Gasteiger partial charge is 0.343 e. The molecule has 1 N–H and O–H groups in total. The highest BCUT2D eigenvalue weighted by Gasteiger charge is 2.04. The van der Waals surface area contributed by atoms with E-state index in [-0.39, 0.29) is 12.5 Å². The van der Waals surface area contributed by atoms with Crippen molar-refractivity contribution in [3.63, 3.8) is 0 Å². The van der Waals surface area contributed by atoms with Crippen molar-refractivity contribution in [3.05, 3.63) is 24.3 Å². The first kappa shape index (κ1) is 15.0. The maximum atomic E-state index is 11.6. The van der Waals surface area contributed by atoms with Crippen molar-refractivity contribution in [1.82, 2.24) is 0 Å². The molecule has 0 saturated heterocycles. The largest absolute Gasteiger partial charge is 0.482 e. The molecular formula is C14H19NO4. The van der Waals surface area contributed by atoms with Gasteiger partial charge in [0.25, 0.3) is 0 Å². The van der Waals surface area contributed by atoms with Gasteiger partial charge < -0.3 is 14.8 Å². The molecule has 0 aliphatic carbocycles. The minimum atomic E-state index is -0.447. The van der Waals surface area contributed by atoms with E-state index in [2.05, 4.69) is 10.1 Å². The summed E-state index contributed by atoms with van der Waals surface area (Å²) in [6.07, 6.45) is 2.35. The number of carbonyl (C=O) groups excluding carboxylic acids is 2. The van der Waals surface area contributed by atoms with Crippen LogP contribution in [0.2, 0.25) is 0 Å². The van der Waals surface area contributed by atoms with Crippen LogP contribution < -0.4 is 10.1 Å². The van der Waals surface area contributed by atoms with E-state index in [0.29, 0.717) is 17.9 Å². The van der Waals surface area contributed by atoms with Crippen LogP contribution in [0.4, 0.5) is 5.69 Å². The van der Waals surface area contributed by atoms with Crippen LogP contribution in [0.5, 0.6) is 5.75 Å². The van der Waals surface area contributed by atoms with Gasteiger partial charge in [-0.1, -0.05) is 19.4 Å². The van der Waals surface area contributed by atoms with Gasteiger partial charge in [0.1, 0.15) is 5.75 Å². The predicted molar refractivity (Wildman–Crippen MR) is 72.1 cm³/mol. The third-order valence-electron chi connectivity index (χ3n) is 2.46. The summed E-state index contributed by atoms with van der Waals surface area (Å²) in [5.74, 6) is 0.0445. The Kier molecular flexibility index (Phi) is 6.43. The van der Waals surface area contributed by atoms with Gasteiger partial charge in [0, 0.05) is 18.2 Å². The second-order valence-corrected chi connectivity index (χ2v) is 4.04. The maximum Gasteiger partial charge on any atom is 0.343 e.